The maximum atomic E-state index is 10.1. The Morgan fingerprint density at radius 1 is 1.67 bits per heavy atom. The molecule has 0 spiro atoms. The molecule has 0 unspecified atom stereocenters. The van der Waals surface area contributed by atoms with Gasteiger partial charge in [0, 0.05) is 5.38 Å². The van der Waals surface area contributed by atoms with E-state index in [1.807, 2.05) is 0 Å². The van der Waals surface area contributed by atoms with Crippen LogP contribution in [0.15, 0.2) is 16.8 Å². The van der Waals surface area contributed by atoms with Crippen LogP contribution in [0.2, 0.25) is 0 Å². The van der Waals surface area contributed by atoms with Crippen LogP contribution in [-0.4, -0.2) is 40.6 Å². The van der Waals surface area contributed by atoms with E-state index in [1.54, 1.807) is 16.8 Å². The summed E-state index contributed by atoms with van der Waals surface area (Å²) in [5, 5.41) is 11.6. The quantitative estimate of drug-likeness (QED) is 0.604. The minimum atomic E-state index is -0.855. The summed E-state index contributed by atoms with van der Waals surface area (Å²) in [4.78, 5) is 10.1. The molecule has 0 radical (unpaired) electrons. The van der Waals surface area contributed by atoms with Gasteiger partial charge in [-0.2, -0.15) is 11.3 Å². The van der Waals surface area contributed by atoms with E-state index < -0.39 is 5.97 Å². The standard InChI is InChI=1S/C5H4O2S.Na.H/c6-5(7)4-1-2-8-3-4;;/h1-3H,(H,6,7);;. The van der Waals surface area contributed by atoms with Gasteiger partial charge in [0.15, 0.2) is 0 Å². The van der Waals surface area contributed by atoms with E-state index in [0.717, 1.165) is 0 Å². The van der Waals surface area contributed by atoms with Crippen LogP contribution in [0.5, 0.6) is 0 Å². The summed E-state index contributed by atoms with van der Waals surface area (Å²) in [6.45, 7) is 0. The molecule has 0 saturated carbocycles. The van der Waals surface area contributed by atoms with Crippen LogP contribution in [0.4, 0.5) is 0 Å². The van der Waals surface area contributed by atoms with E-state index >= 15 is 0 Å². The molecule has 0 saturated heterocycles. The van der Waals surface area contributed by atoms with Gasteiger partial charge in [-0.25, -0.2) is 4.79 Å². The van der Waals surface area contributed by atoms with Gasteiger partial charge in [-0.1, -0.05) is 0 Å². The molecule has 9 heavy (non-hydrogen) atoms. The average Bonchev–Trinajstić information content (AvgIpc) is 2.12. The molecule has 0 bridgehead atoms. The van der Waals surface area contributed by atoms with Crippen LogP contribution in [0.3, 0.4) is 0 Å². The fourth-order valence-electron chi connectivity index (χ4n) is 0.386. The van der Waals surface area contributed by atoms with Gasteiger partial charge in [0.1, 0.15) is 0 Å². The molecule has 0 aliphatic carbocycles. The van der Waals surface area contributed by atoms with Gasteiger partial charge in [0.2, 0.25) is 0 Å². The first-order valence-electron chi connectivity index (χ1n) is 2.06. The van der Waals surface area contributed by atoms with Gasteiger partial charge in [-0.15, -0.1) is 0 Å². The summed E-state index contributed by atoms with van der Waals surface area (Å²) < 4.78 is 0. The molecule has 1 heterocycles. The van der Waals surface area contributed by atoms with Crippen LogP contribution in [0.1, 0.15) is 10.4 Å². The third-order valence-electron chi connectivity index (χ3n) is 0.768. The van der Waals surface area contributed by atoms with Gasteiger partial charge >= 0.3 is 35.5 Å². The topological polar surface area (TPSA) is 37.3 Å². The van der Waals surface area contributed by atoms with Crippen LogP contribution in [-0.2, 0) is 0 Å². The Morgan fingerprint density at radius 3 is 2.56 bits per heavy atom. The van der Waals surface area contributed by atoms with Crippen LogP contribution >= 0.6 is 11.3 Å². The molecular weight excluding hydrogens is 147 g/mol. The van der Waals surface area contributed by atoms with Gasteiger partial charge < -0.3 is 5.11 Å². The number of carbonyl (C=O) groups is 1. The first-order chi connectivity index (χ1) is 3.80. The Balaban J connectivity index is 0.000000640. The second kappa shape index (κ2) is 4.06. The third-order valence-corrected chi connectivity index (χ3v) is 1.45. The molecule has 0 aromatic carbocycles. The third kappa shape index (κ3) is 2.49. The monoisotopic (exact) mass is 152 g/mol. The number of hydrogen-bond acceptors (Lipinski definition) is 2. The molecule has 1 aromatic rings. The number of carboxylic acids is 1. The number of carboxylic acid groups (broad SMARTS) is 1. The molecule has 4 heteroatoms. The van der Waals surface area contributed by atoms with Crippen molar-refractivity contribution >= 4 is 46.9 Å². The van der Waals surface area contributed by atoms with Crippen LogP contribution in [0, 0.1) is 0 Å². The molecule has 0 aliphatic heterocycles. The number of thiophene rings is 1. The van der Waals surface area contributed by atoms with Crippen molar-refractivity contribution in [2.45, 2.75) is 0 Å². The van der Waals surface area contributed by atoms with E-state index in [0.29, 0.717) is 5.56 Å². The Hall–Kier alpha value is 0.170. The van der Waals surface area contributed by atoms with E-state index in [-0.39, 0.29) is 29.6 Å². The average molecular weight is 152 g/mol. The summed E-state index contributed by atoms with van der Waals surface area (Å²) in [5.74, 6) is -0.855. The number of rotatable bonds is 1. The van der Waals surface area contributed by atoms with Gasteiger partial charge in [0.25, 0.3) is 0 Å². The predicted octanol–water partition coefficient (Wildman–Crippen LogP) is 0.798. The summed E-state index contributed by atoms with van der Waals surface area (Å²) in [6.07, 6.45) is 0. The van der Waals surface area contributed by atoms with Crippen molar-refractivity contribution in [3.63, 3.8) is 0 Å². The van der Waals surface area contributed by atoms with E-state index in [2.05, 4.69) is 0 Å². The molecule has 0 fully saturated rings. The normalized spacial score (nSPS) is 8.00. The predicted molar refractivity (Wildman–Crippen MR) is 38.4 cm³/mol. The van der Waals surface area contributed by atoms with Crippen molar-refractivity contribution in [3.8, 4) is 0 Å². The fraction of sp³-hybridized carbons (Fsp3) is 0. The Kier molecular flexibility index (Phi) is 4.14. The fourth-order valence-corrected chi connectivity index (χ4v) is 1.02. The Bertz CT molecular complexity index is 183. The van der Waals surface area contributed by atoms with Crippen molar-refractivity contribution in [1.29, 1.82) is 0 Å². The van der Waals surface area contributed by atoms with Crippen molar-refractivity contribution in [3.05, 3.63) is 22.4 Å². The van der Waals surface area contributed by atoms with E-state index in [4.69, 9.17) is 5.11 Å². The van der Waals surface area contributed by atoms with Crippen molar-refractivity contribution < 1.29 is 9.90 Å². The molecule has 2 nitrogen and oxygen atoms in total. The Labute approximate surface area is 78.8 Å². The Morgan fingerprint density at radius 2 is 2.33 bits per heavy atom. The zero-order chi connectivity index (χ0) is 5.98. The molecule has 1 rings (SSSR count). The summed E-state index contributed by atoms with van der Waals surface area (Å²) >= 11 is 1.39. The number of hydrogen-bond donors (Lipinski definition) is 1. The molecule has 44 valence electrons. The summed E-state index contributed by atoms with van der Waals surface area (Å²) in [6, 6.07) is 1.58. The second-order valence-corrected chi connectivity index (χ2v) is 2.10. The maximum absolute atomic E-state index is 10.1. The molecule has 0 atom stereocenters. The molecule has 0 aliphatic rings. The number of aromatic carboxylic acids is 1. The van der Waals surface area contributed by atoms with E-state index in [1.165, 1.54) is 11.3 Å². The van der Waals surface area contributed by atoms with Crippen LogP contribution in [0.25, 0.3) is 0 Å². The van der Waals surface area contributed by atoms with Crippen LogP contribution < -0.4 is 0 Å². The van der Waals surface area contributed by atoms with Crippen molar-refractivity contribution in [1.82, 2.24) is 0 Å². The van der Waals surface area contributed by atoms with Gasteiger partial charge in [-0.3, -0.25) is 0 Å². The first kappa shape index (κ1) is 9.17. The van der Waals surface area contributed by atoms with Gasteiger partial charge in [-0.05, 0) is 11.4 Å². The van der Waals surface area contributed by atoms with Crippen molar-refractivity contribution in [2.24, 2.45) is 0 Å². The summed E-state index contributed by atoms with van der Waals surface area (Å²) in [7, 11) is 0. The van der Waals surface area contributed by atoms with Gasteiger partial charge in [0.05, 0.1) is 5.56 Å². The molecule has 1 aromatic heterocycles. The van der Waals surface area contributed by atoms with E-state index in [9.17, 15) is 4.79 Å². The second-order valence-electron chi connectivity index (χ2n) is 1.32. The minimum absolute atomic E-state index is 0. The molecule has 0 amide bonds. The summed E-state index contributed by atoms with van der Waals surface area (Å²) in [5.41, 5.74) is 0.370. The zero-order valence-corrected chi connectivity index (χ0v) is 4.81. The SMILES string of the molecule is O=C(O)c1ccsc1.[NaH]. The molecule has 1 N–H and O–H groups in total. The van der Waals surface area contributed by atoms with Crippen molar-refractivity contribution in [2.75, 3.05) is 0 Å². The first-order valence-corrected chi connectivity index (χ1v) is 3.00. The molecular formula is C5H5NaO2S. The zero-order valence-electron chi connectivity index (χ0n) is 4.00.